The van der Waals surface area contributed by atoms with Gasteiger partial charge in [-0.15, -0.1) is 0 Å². The van der Waals surface area contributed by atoms with Crippen LogP contribution in [-0.4, -0.2) is 20.4 Å². The first-order chi connectivity index (χ1) is 10.3. The molecule has 1 atom stereocenters. The van der Waals surface area contributed by atoms with E-state index in [1.807, 2.05) is 16.8 Å². The number of pyridine rings is 1. The average molecular weight is 282 g/mol. The molecular formula is C16H18N4O. The van der Waals surface area contributed by atoms with Crippen LogP contribution in [0, 0.1) is 0 Å². The minimum atomic E-state index is -0.00897. The number of fused-ring (bicyclic) bond motifs is 2. The zero-order valence-electron chi connectivity index (χ0n) is 11.9. The van der Waals surface area contributed by atoms with Gasteiger partial charge in [-0.05, 0) is 42.9 Å². The summed E-state index contributed by atoms with van der Waals surface area (Å²) in [5.41, 5.74) is 3.17. The van der Waals surface area contributed by atoms with Crippen molar-refractivity contribution in [2.24, 2.45) is 0 Å². The maximum atomic E-state index is 12.6. The quantitative estimate of drug-likeness (QED) is 0.917. The van der Waals surface area contributed by atoms with Crippen LogP contribution < -0.4 is 5.32 Å². The Morgan fingerprint density at radius 3 is 3.19 bits per heavy atom. The van der Waals surface area contributed by atoms with Crippen molar-refractivity contribution in [3.05, 3.63) is 47.3 Å². The van der Waals surface area contributed by atoms with Crippen molar-refractivity contribution in [2.45, 2.75) is 44.7 Å². The molecule has 0 aromatic carbocycles. The lowest BCUT2D eigenvalue weighted by molar-refractivity contribution is 0.0923. The second-order valence-electron chi connectivity index (χ2n) is 5.81. The largest absolute Gasteiger partial charge is 0.344 e. The number of hydrogen-bond donors (Lipinski definition) is 1. The Labute approximate surface area is 123 Å². The van der Waals surface area contributed by atoms with Gasteiger partial charge in [-0.3, -0.25) is 9.78 Å². The fourth-order valence-electron chi connectivity index (χ4n) is 3.46. The summed E-state index contributed by atoms with van der Waals surface area (Å²) in [6.45, 7) is 0.906. The highest BCUT2D eigenvalue weighted by Gasteiger charge is 2.25. The third-order valence-corrected chi connectivity index (χ3v) is 4.51. The lowest BCUT2D eigenvalue weighted by atomic mass is 9.89. The predicted molar refractivity (Wildman–Crippen MR) is 77.9 cm³/mol. The Kier molecular flexibility index (Phi) is 2.98. The summed E-state index contributed by atoms with van der Waals surface area (Å²) in [4.78, 5) is 21.1. The molecule has 1 aliphatic heterocycles. The van der Waals surface area contributed by atoms with Gasteiger partial charge in [-0.2, -0.15) is 0 Å². The number of nitrogens with one attached hydrogen (secondary N) is 1. The maximum absolute atomic E-state index is 12.6. The molecule has 0 fully saturated rings. The number of rotatable bonds is 2. The molecular weight excluding hydrogens is 264 g/mol. The van der Waals surface area contributed by atoms with Crippen LogP contribution in [-0.2, 0) is 19.4 Å². The third-order valence-electron chi connectivity index (χ3n) is 4.51. The first-order valence-electron chi connectivity index (χ1n) is 7.61. The van der Waals surface area contributed by atoms with E-state index in [0.29, 0.717) is 5.69 Å². The van der Waals surface area contributed by atoms with Crippen molar-refractivity contribution < 1.29 is 4.79 Å². The average Bonchev–Trinajstić information content (AvgIpc) is 3.10. The number of amides is 1. The number of nitrogens with zero attached hydrogens (tertiary/aromatic N) is 3. The van der Waals surface area contributed by atoms with Crippen LogP contribution in [0.15, 0.2) is 24.7 Å². The number of aromatic nitrogens is 3. The number of carbonyl (C=O) groups is 1. The number of hydrogen-bond acceptors (Lipinski definition) is 3. The summed E-state index contributed by atoms with van der Waals surface area (Å²) >= 11 is 0. The molecule has 5 nitrogen and oxygen atoms in total. The molecule has 21 heavy (non-hydrogen) atoms. The van der Waals surface area contributed by atoms with Gasteiger partial charge in [0.1, 0.15) is 11.5 Å². The standard InChI is InChI=1S/C16H18N4O/c21-16(14-10-18-15-5-2-8-20(14)15)19-13-4-1-3-11-9-17-7-6-12(11)13/h6-7,9-10,13H,1-5,8H2,(H,19,21). The molecule has 0 saturated carbocycles. The highest BCUT2D eigenvalue weighted by molar-refractivity contribution is 5.92. The number of carbonyl (C=O) groups excluding carboxylic acids is 1. The van der Waals surface area contributed by atoms with Crippen molar-refractivity contribution in [1.82, 2.24) is 19.9 Å². The SMILES string of the molecule is O=C(NC1CCCc2cnccc21)c1cnc2n1CCC2. The molecule has 0 spiro atoms. The van der Waals surface area contributed by atoms with E-state index in [1.165, 1.54) is 11.1 Å². The summed E-state index contributed by atoms with van der Waals surface area (Å²) in [6, 6.07) is 2.12. The Hall–Kier alpha value is -2.17. The van der Waals surface area contributed by atoms with Gasteiger partial charge < -0.3 is 9.88 Å². The Bertz CT molecular complexity index is 691. The molecule has 1 unspecified atom stereocenters. The second-order valence-corrected chi connectivity index (χ2v) is 5.81. The molecule has 1 aliphatic carbocycles. The monoisotopic (exact) mass is 282 g/mol. The van der Waals surface area contributed by atoms with Crippen LogP contribution in [0.2, 0.25) is 0 Å². The summed E-state index contributed by atoms with van der Waals surface area (Å²) < 4.78 is 2.05. The molecule has 5 heteroatoms. The molecule has 1 amide bonds. The van der Waals surface area contributed by atoms with E-state index >= 15 is 0 Å². The van der Waals surface area contributed by atoms with Crippen molar-refractivity contribution in [3.63, 3.8) is 0 Å². The van der Waals surface area contributed by atoms with Crippen LogP contribution in [0.25, 0.3) is 0 Å². The second kappa shape index (κ2) is 4.98. The van der Waals surface area contributed by atoms with E-state index in [0.717, 1.165) is 44.5 Å². The normalized spacial score (nSPS) is 19.9. The zero-order chi connectivity index (χ0) is 14.2. The third kappa shape index (κ3) is 2.13. The van der Waals surface area contributed by atoms with E-state index in [1.54, 1.807) is 12.4 Å². The van der Waals surface area contributed by atoms with Crippen LogP contribution >= 0.6 is 0 Å². The van der Waals surface area contributed by atoms with Gasteiger partial charge in [0.05, 0.1) is 12.2 Å². The fourth-order valence-corrected chi connectivity index (χ4v) is 3.46. The van der Waals surface area contributed by atoms with Gasteiger partial charge in [0.2, 0.25) is 0 Å². The summed E-state index contributed by atoms with van der Waals surface area (Å²) in [7, 11) is 0. The molecule has 1 N–H and O–H groups in total. The fraction of sp³-hybridized carbons (Fsp3) is 0.438. The molecule has 0 saturated heterocycles. The first-order valence-corrected chi connectivity index (χ1v) is 7.61. The van der Waals surface area contributed by atoms with Crippen molar-refractivity contribution >= 4 is 5.91 Å². The summed E-state index contributed by atoms with van der Waals surface area (Å²) in [6.07, 6.45) is 10.6. The molecule has 108 valence electrons. The first kappa shape index (κ1) is 12.6. The summed E-state index contributed by atoms with van der Waals surface area (Å²) in [5.74, 6) is 1.03. The van der Waals surface area contributed by atoms with Crippen LogP contribution in [0.4, 0.5) is 0 Å². The minimum Gasteiger partial charge on any atom is -0.344 e. The number of aryl methyl sites for hydroxylation is 2. The van der Waals surface area contributed by atoms with Crippen LogP contribution in [0.1, 0.15) is 52.7 Å². The molecule has 0 radical (unpaired) electrons. The smallest absolute Gasteiger partial charge is 0.270 e. The molecule has 2 aromatic rings. The predicted octanol–water partition coefficient (Wildman–Crippen LogP) is 2.03. The van der Waals surface area contributed by atoms with Gasteiger partial charge in [0.15, 0.2) is 0 Å². The van der Waals surface area contributed by atoms with E-state index < -0.39 is 0 Å². The molecule has 2 aliphatic rings. The van der Waals surface area contributed by atoms with E-state index in [4.69, 9.17) is 0 Å². The highest BCUT2D eigenvalue weighted by atomic mass is 16.2. The lowest BCUT2D eigenvalue weighted by Crippen LogP contribution is -2.32. The zero-order valence-corrected chi connectivity index (χ0v) is 11.9. The van der Waals surface area contributed by atoms with E-state index in [-0.39, 0.29) is 11.9 Å². The van der Waals surface area contributed by atoms with Gasteiger partial charge >= 0.3 is 0 Å². The molecule has 3 heterocycles. The van der Waals surface area contributed by atoms with E-state index in [9.17, 15) is 4.79 Å². The lowest BCUT2D eigenvalue weighted by Gasteiger charge is -2.26. The van der Waals surface area contributed by atoms with Gasteiger partial charge in [-0.25, -0.2) is 4.98 Å². The van der Waals surface area contributed by atoms with Gasteiger partial charge in [-0.1, -0.05) is 0 Å². The molecule has 0 bridgehead atoms. The Balaban J connectivity index is 1.58. The van der Waals surface area contributed by atoms with Crippen LogP contribution in [0.3, 0.4) is 0 Å². The van der Waals surface area contributed by atoms with E-state index in [2.05, 4.69) is 15.3 Å². The highest BCUT2D eigenvalue weighted by Crippen LogP contribution is 2.29. The topological polar surface area (TPSA) is 59.8 Å². The Morgan fingerprint density at radius 2 is 2.24 bits per heavy atom. The van der Waals surface area contributed by atoms with Gasteiger partial charge in [0.25, 0.3) is 5.91 Å². The summed E-state index contributed by atoms with van der Waals surface area (Å²) in [5, 5.41) is 3.18. The van der Waals surface area contributed by atoms with Gasteiger partial charge in [0, 0.05) is 25.4 Å². The van der Waals surface area contributed by atoms with Crippen molar-refractivity contribution in [3.8, 4) is 0 Å². The number of imidazole rings is 1. The minimum absolute atomic E-state index is 0.00897. The van der Waals surface area contributed by atoms with Crippen molar-refractivity contribution in [1.29, 1.82) is 0 Å². The Morgan fingerprint density at radius 1 is 1.29 bits per heavy atom. The molecule has 4 rings (SSSR count). The van der Waals surface area contributed by atoms with Crippen molar-refractivity contribution in [2.75, 3.05) is 0 Å². The van der Waals surface area contributed by atoms with Crippen LogP contribution in [0.5, 0.6) is 0 Å². The molecule has 2 aromatic heterocycles. The maximum Gasteiger partial charge on any atom is 0.270 e.